The van der Waals surface area contributed by atoms with Crippen LogP contribution in [0.2, 0.25) is 0 Å². The number of hydrogen-bond donors (Lipinski definition) is 1. The lowest BCUT2D eigenvalue weighted by Gasteiger charge is -2.06. The molecule has 0 aliphatic heterocycles. The summed E-state index contributed by atoms with van der Waals surface area (Å²) in [6, 6.07) is 11.7. The van der Waals surface area contributed by atoms with E-state index in [1.54, 1.807) is 19.1 Å². The fraction of sp³-hybridized carbons (Fsp3) is 0.300. The summed E-state index contributed by atoms with van der Waals surface area (Å²) >= 11 is 2.20. The monoisotopic (exact) mass is 533 g/mol. The van der Waals surface area contributed by atoms with Crippen LogP contribution in [-0.4, -0.2) is 22.2 Å². The first-order valence-corrected chi connectivity index (χ1v) is 10.2. The highest BCUT2D eigenvalue weighted by atomic mass is 127. The molecule has 0 bridgehead atoms. The van der Waals surface area contributed by atoms with Gasteiger partial charge in [-0.25, -0.2) is 0 Å². The first kappa shape index (κ1) is 22.2. The standard InChI is InChI=1S/C20H19F3IN3O3/c1-13-11-18(20(21,22)23)26-27(13)10-2-9-25-19(28)17-8-7-16(30-17)12-29-15-5-3-14(24)4-6-15/h3-8,11H,2,9-10,12H2,1H3,(H,25,28). The Labute approximate surface area is 184 Å². The van der Waals surface area contributed by atoms with Crippen LogP contribution in [0.1, 0.15) is 34.1 Å². The third-order valence-corrected chi connectivity index (χ3v) is 4.90. The van der Waals surface area contributed by atoms with Crippen molar-refractivity contribution in [2.24, 2.45) is 0 Å². The largest absolute Gasteiger partial charge is 0.486 e. The predicted octanol–water partition coefficient (Wildman–Crippen LogP) is 4.81. The number of aryl methyl sites for hydroxylation is 2. The Bertz CT molecular complexity index is 997. The lowest BCUT2D eigenvalue weighted by atomic mass is 10.3. The number of ether oxygens (including phenoxy) is 1. The number of rotatable bonds is 8. The number of halogens is 4. The molecule has 3 rings (SSSR count). The van der Waals surface area contributed by atoms with Crippen LogP contribution in [-0.2, 0) is 19.3 Å². The topological polar surface area (TPSA) is 69.3 Å². The van der Waals surface area contributed by atoms with Crippen molar-refractivity contribution in [3.63, 3.8) is 0 Å². The van der Waals surface area contributed by atoms with E-state index in [0.29, 0.717) is 23.6 Å². The van der Waals surface area contributed by atoms with Gasteiger partial charge in [0.25, 0.3) is 5.91 Å². The van der Waals surface area contributed by atoms with Gasteiger partial charge >= 0.3 is 6.18 Å². The Morgan fingerprint density at radius 2 is 1.97 bits per heavy atom. The second-order valence-corrected chi connectivity index (χ2v) is 7.76. The third kappa shape index (κ3) is 6.00. The van der Waals surface area contributed by atoms with Crippen LogP contribution < -0.4 is 10.1 Å². The van der Waals surface area contributed by atoms with Crippen molar-refractivity contribution in [1.29, 1.82) is 0 Å². The van der Waals surface area contributed by atoms with E-state index in [0.717, 1.165) is 9.64 Å². The van der Waals surface area contributed by atoms with Crippen LogP contribution >= 0.6 is 22.6 Å². The average molecular weight is 533 g/mol. The summed E-state index contributed by atoms with van der Waals surface area (Å²) in [6.07, 6.45) is -4.04. The predicted molar refractivity (Wildman–Crippen MR) is 111 cm³/mol. The maximum absolute atomic E-state index is 12.7. The van der Waals surface area contributed by atoms with E-state index in [1.807, 2.05) is 24.3 Å². The number of nitrogens with one attached hydrogen (secondary N) is 1. The van der Waals surface area contributed by atoms with E-state index in [1.165, 1.54) is 4.68 Å². The molecule has 2 heterocycles. The molecule has 1 amide bonds. The van der Waals surface area contributed by atoms with Gasteiger partial charge in [0.05, 0.1) is 0 Å². The fourth-order valence-corrected chi connectivity index (χ4v) is 3.02. The van der Waals surface area contributed by atoms with Gasteiger partial charge in [-0.15, -0.1) is 0 Å². The second-order valence-electron chi connectivity index (χ2n) is 6.51. The molecule has 0 unspecified atom stereocenters. The van der Waals surface area contributed by atoms with E-state index in [-0.39, 0.29) is 25.5 Å². The number of amides is 1. The minimum atomic E-state index is -4.47. The minimum Gasteiger partial charge on any atom is -0.486 e. The Kier molecular flexibility index (Phi) is 7.06. The van der Waals surface area contributed by atoms with Crippen molar-refractivity contribution in [1.82, 2.24) is 15.1 Å². The van der Waals surface area contributed by atoms with Gasteiger partial charge in [0.2, 0.25) is 0 Å². The number of aromatic nitrogens is 2. The van der Waals surface area contributed by atoms with E-state index in [9.17, 15) is 18.0 Å². The molecule has 3 aromatic rings. The van der Waals surface area contributed by atoms with Crippen LogP contribution in [0, 0.1) is 10.5 Å². The number of carbonyl (C=O) groups is 1. The molecular formula is C20H19F3IN3O3. The summed E-state index contributed by atoms with van der Waals surface area (Å²) in [6.45, 7) is 2.28. The Balaban J connectivity index is 1.43. The summed E-state index contributed by atoms with van der Waals surface area (Å²) < 4.78 is 51.5. The van der Waals surface area contributed by atoms with Crippen molar-refractivity contribution < 1.29 is 27.1 Å². The highest BCUT2D eigenvalue weighted by molar-refractivity contribution is 14.1. The van der Waals surface area contributed by atoms with Crippen molar-refractivity contribution in [2.45, 2.75) is 32.7 Å². The molecular weight excluding hydrogens is 514 g/mol. The van der Waals surface area contributed by atoms with Gasteiger partial charge in [-0.2, -0.15) is 18.3 Å². The fourth-order valence-electron chi connectivity index (χ4n) is 2.66. The number of benzene rings is 1. The summed E-state index contributed by atoms with van der Waals surface area (Å²) in [4.78, 5) is 12.2. The Morgan fingerprint density at radius 1 is 1.23 bits per heavy atom. The van der Waals surface area contributed by atoms with Crippen LogP contribution in [0.5, 0.6) is 5.75 Å². The van der Waals surface area contributed by atoms with E-state index < -0.39 is 17.8 Å². The SMILES string of the molecule is Cc1cc(C(F)(F)F)nn1CCCNC(=O)c1ccc(COc2ccc(I)cc2)o1. The third-order valence-electron chi connectivity index (χ3n) is 4.18. The molecule has 0 aliphatic rings. The maximum atomic E-state index is 12.7. The highest BCUT2D eigenvalue weighted by Crippen LogP contribution is 2.28. The van der Waals surface area contributed by atoms with Gasteiger partial charge in [-0.1, -0.05) is 0 Å². The molecule has 0 atom stereocenters. The van der Waals surface area contributed by atoms with E-state index >= 15 is 0 Å². The minimum absolute atomic E-state index is 0.144. The van der Waals surface area contributed by atoms with Crippen molar-refractivity contribution in [3.8, 4) is 5.75 Å². The maximum Gasteiger partial charge on any atom is 0.435 e. The molecule has 10 heteroatoms. The number of alkyl halides is 3. The highest BCUT2D eigenvalue weighted by Gasteiger charge is 2.34. The summed E-state index contributed by atoms with van der Waals surface area (Å²) in [5.41, 5.74) is -0.503. The van der Waals surface area contributed by atoms with Gasteiger partial charge in [0.1, 0.15) is 18.1 Å². The number of hydrogen-bond acceptors (Lipinski definition) is 4. The summed E-state index contributed by atoms with van der Waals surface area (Å²) in [7, 11) is 0. The molecule has 2 aromatic heterocycles. The average Bonchev–Trinajstić information content (AvgIpc) is 3.31. The van der Waals surface area contributed by atoms with Crippen molar-refractivity contribution in [3.05, 3.63) is 68.9 Å². The van der Waals surface area contributed by atoms with Gasteiger partial charge < -0.3 is 14.5 Å². The molecule has 0 saturated carbocycles. The molecule has 0 fully saturated rings. The van der Waals surface area contributed by atoms with E-state index in [2.05, 4.69) is 33.0 Å². The summed E-state index contributed by atoms with van der Waals surface area (Å²) in [5.74, 6) is 0.945. The van der Waals surface area contributed by atoms with Crippen LogP contribution in [0.15, 0.2) is 46.9 Å². The molecule has 1 N–H and O–H groups in total. The molecule has 0 saturated heterocycles. The van der Waals surface area contributed by atoms with E-state index in [4.69, 9.17) is 9.15 Å². The zero-order chi connectivity index (χ0) is 21.7. The zero-order valence-electron chi connectivity index (χ0n) is 16.0. The van der Waals surface area contributed by atoms with Crippen molar-refractivity contribution in [2.75, 3.05) is 6.54 Å². The normalized spacial score (nSPS) is 11.5. The molecule has 160 valence electrons. The number of nitrogens with zero attached hydrogens (tertiary/aromatic N) is 2. The Morgan fingerprint density at radius 3 is 2.63 bits per heavy atom. The molecule has 6 nitrogen and oxygen atoms in total. The van der Waals surface area contributed by atoms with Crippen molar-refractivity contribution >= 4 is 28.5 Å². The van der Waals surface area contributed by atoms with Gasteiger partial charge in [0.15, 0.2) is 11.5 Å². The first-order valence-electron chi connectivity index (χ1n) is 9.09. The lowest BCUT2D eigenvalue weighted by molar-refractivity contribution is -0.141. The van der Waals surface area contributed by atoms with Gasteiger partial charge in [-0.05, 0) is 78.4 Å². The smallest absolute Gasteiger partial charge is 0.435 e. The number of furan rings is 1. The quantitative estimate of drug-likeness (QED) is 0.334. The first-order chi connectivity index (χ1) is 14.2. The van der Waals surface area contributed by atoms with Crippen LogP contribution in [0.3, 0.4) is 0 Å². The van der Waals surface area contributed by atoms with Crippen LogP contribution in [0.4, 0.5) is 13.2 Å². The molecule has 0 radical (unpaired) electrons. The van der Waals surface area contributed by atoms with Crippen LogP contribution in [0.25, 0.3) is 0 Å². The molecule has 1 aromatic carbocycles. The zero-order valence-corrected chi connectivity index (χ0v) is 18.2. The lowest BCUT2D eigenvalue weighted by Crippen LogP contribution is -2.25. The van der Waals surface area contributed by atoms with Gasteiger partial charge in [0, 0.05) is 22.4 Å². The molecule has 30 heavy (non-hydrogen) atoms. The van der Waals surface area contributed by atoms with Gasteiger partial charge in [-0.3, -0.25) is 9.48 Å². The summed E-state index contributed by atoms with van der Waals surface area (Å²) in [5, 5.41) is 6.24. The molecule has 0 aliphatic carbocycles. The second kappa shape index (κ2) is 9.54. The Hall–Kier alpha value is -2.50. The molecule has 0 spiro atoms. The number of carbonyl (C=O) groups excluding carboxylic acids is 1.